The SMILES string of the molecule is CC1=C2C(=O)Oc3ccccc3[C@@H]2N2C(=O)CSC2=N1. The summed E-state index contributed by atoms with van der Waals surface area (Å²) in [6.07, 6.45) is 0. The fraction of sp³-hybridized carbons (Fsp3) is 0.214. The van der Waals surface area contributed by atoms with Gasteiger partial charge in [0.05, 0.1) is 17.0 Å². The zero-order chi connectivity index (χ0) is 13.9. The highest BCUT2D eigenvalue weighted by molar-refractivity contribution is 8.15. The lowest BCUT2D eigenvalue weighted by atomic mass is 9.92. The highest BCUT2D eigenvalue weighted by atomic mass is 32.2. The third-order valence-corrected chi connectivity index (χ3v) is 4.56. The number of esters is 1. The Morgan fingerprint density at radius 3 is 3.00 bits per heavy atom. The number of ether oxygens (including phenoxy) is 1. The first-order valence-electron chi connectivity index (χ1n) is 6.22. The molecule has 5 nitrogen and oxygen atoms in total. The molecule has 1 amide bonds. The molecule has 0 aromatic heterocycles. The Labute approximate surface area is 119 Å². The molecule has 0 N–H and O–H groups in total. The van der Waals surface area contributed by atoms with Crippen LogP contribution in [-0.2, 0) is 9.59 Å². The van der Waals surface area contributed by atoms with E-state index in [0.29, 0.717) is 27.9 Å². The Morgan fingerprint density at radius 1 is 1.35 bits per heavy atom. The van der Waals surface area contributed by atoms with Crippen molar-refractivity contribution in [2.45, 2.75) is 13.0 Å². The molecule has 0 radical (unpaired) electrons. The molecule has 3 heterocycles. The smallest absolute Gasteiger partial charge is 0.343 e. The molecule has 3 aliphatic heterocycles. The van der Waals surface area contributed by atoms with Gasteiger partial charge in [-0.1, -0.05) is 30.0 Å². The molecule has 0 spiro atoms. The number of thioether (sulfide) groups is 1. The largest absolute Gasteiger partial charge is 0.423 e. The number of aliphatic imine (C=N–C) groups is 1. The first-order chi connectivity index (χ1) is 9.66. The zero-order valence-corrected chi connectivity index (χ0v) is 11.4. The number of amides is 1. The number of amidine groups is 1. The summed E-state index contributed by atoms with van der Waals surface area (Å²) in [7, 11) is 0. The monoisotopic (exact) mass is 286 g/mol. The maximum absolute atomic E-state index is 12.2. The van der Waals surface area contributed by atoms with E-state index in [1.54, 1.807) is 17.9 Å². The highest BCUT2D eigenvalue weighted by Crippen LogP contribution is 2.46. The van der Waals surface area contributed by atoms with E-state index >= 15 is 0 Å². The van der Waals surface area contributed by atoms with E-state index in [9.17, 15) is 9.59 Å². The lowest BCUT2D eigenvalue weighted by molar-refractivity contribution is -0.132. The van der Waals surface area contributed by atoms with Gasteiger partial charge in [0.2, 0.25) is 5.91 Å². The number of benzene rings is 1. The van der Waals surface area contributed by atoms with E-state index in [1.807, 2.05) is 18.2 Å². The number of carbonyl (C=O) groups excluding carboxylic acids is 2. The van der Waals surface area contributed by atoms with Gasteiger partial charge in [-0.3, -0.25) is 9.69 Å². The molecule has 6 heteroatoms. The van der Waals surface area contributed by atoms with Crippen LogP contribution in [0.4, 0.5) is 0 Å². The summed E-state index contributed by atoms with van der Waals surface area (Å²) in [5.41, 5.74) is 1.93. The van der Waals surface area contributed by atoms with Crippen molar-refractivity contribution in [3.05, 3.63) is 41.1 Å². The van der Waals surface area contributed by atoms with Gasteiger partial charge in [-0.25, -0.2) is 9.79 Å². The fourth-order valence-electron chi connectivity index (χ4n) is 2.75. The van der Waals surface area contributed by atoms with E-state index < -0.39 is 12.0 Å². The number of rotatable bonds is 0. The van der Waals surface area contributed by atoms with Gasteiger partial charge in [0, 0.05) is 5.56 Å². The van der Waals surface area contributed by atoms with E-state index in [-0.39, 0.29) is 5.91 Å². The number of hydrogen-bond acceptors (Lipinski definition) is 5. The summed E-state index contributed by atoms with van der Waals surface area (Å²) < 4.78 is 5.34. The van der Waals surface area contributed by atoms with Crippen LogP contribution in [0.2, 0.25) is 0 Å². The maximum Gasteiger partial charge on any atom is 0.343 e. The molecule has 1 fully saturated rings. The summed E-state index contributed by atoms with van der Waals surface area (Å²) in [4.78, 5) is 30.3. The van der Waals surface area contributed by atoms with Gasteiger partial charge in [-0.2, -0.15) is 0 Å². The first kappa shape index (κ1) is 11.7. The minimum atomic E-state index is -0.418. The van der Waals surface area contributed by atoms with E-state index in [0.717, 1.165) is 5.56 Å². The Morgan fingerprint density at radius 2 is 2.15 bits per heavy atom. The van der Waals surface area contributed by atoms with Crippen LogP contribution in [0.3, 0.4) is 0 Å². The molecule has 20 heavy (non-hydrogen) atoms. The minimum Gasteiger partial charge on any atom is -0.423 e. The van der Waals surface area contributed by atoms with Crippen molar-refractivity contribution < 1.29 is 14.3 Å². The second-order valence-electron chi connectivity index (χ2n) is 4.78. The van der Waals surface area contributed by atoms with Crippen LogP contribution in [0.1, 0.15) is 18.5 Å². The molecule has 0 saturated carbocycles. The minimum absolute atomic E-state index is 0.0201. The average Bonchev–Trinajstić information content (AvgIpc) is 2.79. The molecule has 4 rings (SSSR count). The Kier molecular flexibility index (Phi) is 2.32. The van der Waals surface area contributed by atoms with Crippen LogP contribution in [0, 0.1) is 0 Å². The fourth-order valence-corrected chi connectivity index (χ4v) is 3.69. The van der Waals surface area contributed by atoms with Crippen LogP contribution in [0.5, 0.6) is 5.75 Å². The summed E-state index contributed by atoms with van der Waals surface area (Å²) in [5.74, 6) is 0.449. The molecular formula is C14H10N2O3S. The summed E-state index contributed by atoms with van der Waals surface area (Å²) in [5, 5.41) is 0.672. The van der Waals surface area contributed by atoms with Crippen LogP contribution in [-0.4, -0.2) is 27.7 Å². The topological polar surface area (TPSA) is 59.0 Å². The average molecular weight is 286 g/mol. The Hall–Kier alpha value is -2.08. The van der Waals surface area contributed by atoms with Gasteiger partial charge in [0.1, 0.15) is 11.8 Å². The van der Waals surface area contributed by atoms with Crippen molar-refractivity contribution in [1.29, 1.82) is 0 Å². The summed E-state index contributed by atoms with van der Waals surface area (Å²) in [6.45, 7) is 1.78. The van der Waals surface area contributed by atoms with Crippen LogP contribution < -0.4 is 4.74 Å². The van der Waals surface area contributed by atoms with Gasteiger partial charge < -0.3 is 4.74 Å². The third kappa shape index (κ3) is 1.42. The van der Waals surface area contributed by atoms with Crippen LogP contribution in [0.25, 0.3) is 0 Å². The lowest BCUT2D eigenvalue weighted by Gasteiger charge is -2.36. The van der Waals surface area contributed by atoms with Gasteiger partial charge in [-0.05, 0) is 13.0 Å². The second kappa shape index (κ2) is 3.96. The van der Waals surface area contributed by atoms with E-state index in [1.165, 1.54) is 11.8 Å². The van der Waals surface area contributed by atoms with E-state index in [4.69, 9.17) is 4.74 Å². The number of nitrogens with zero attached hydrogens (tertiary/aromatic N) is 2. The number of allylic oxidation sites excluding steroid dienone is 1. The van der Waals surface area contributed by atoms with Crippen molar-refractivity contribution >= 4 is 28.8 Å². The standard InChI is InChI=1S/C14H10N2O3S/c1-7-11-12(16-10(17)6-20-14(16)15-7)8-4-2-3-5-9(8)19-13(11)18/h2-5,12H,6H2,1H3/t12-/m0/s1. The molecule has 0 unspecified atom stereocenters. The predicted octanol–water partition coefficient (Wildman–Crippen LogP) is 1.87. The molecule has 100 valence electrons. The van der Waals surface area contributed by atoms with Gasteiger partial charge in [-0.15, -0.1) is 0 Å². The predicted molar refractivity (Wildman–Crippen MR) is 74.3 cm³/mol. The van der Waals surface area contributed by atoms with Crippen LogP contribution >= 0.6 is 11.8 Å². The van der Waals surface area contributed by atoms with E-state index in [2.05, 4.69) is 4.99 Å². The molecule has 3 aliphatic rings. The first-order valence-corrected chi connectivity index (χ1v) is 7.21. The zero-order valence-electron chi connectivity index (χ0n) is 10.6. The molecule has 1 atom stereocenters. The number of fused-ring (bicyclic) bond motifs is 5. The van der Waals surface area contributed by atoms with Crippen molar-refractivity contribution in [1.82, 2.24) is 4.90 Å². The molecule has 1 saturated heterocycles. The highest BCUT2D eigenvalue weighted by Gasteiger charge is 2.46. The van der Waals surface area contributed by atoms with Crippen molar-refractivity contribution in [2.75, 3.05) is 5.75 Å². The number of carbonyl (C=O) groups is 2. The molecule has 1 aromatic carbocycles. The molecular weight excluding hydrogens is 276 g/mol. The van der Waals surface area contributed by atoms with Crippen LogP contribution in [0.15, 0.2) is 40.5 Å². The third-order valence-electron chi connectivity index (χ3n) is 3.62. The maximum atomic E-state index is 12.2. The molecule has 1 aromatic rings. The van der Waals surface area contributed by atoms with Crippen molar-refractivity contribution in [2.24, 2.45) is 4.99 Å². The summed E-state index contributed by atoms with van der Waals surface area (Å²) in [6, 6.07) is 6.93. The lowest BCUT2D eigenvalue weighted by Crippen LogP contribution is -2.42. The van der Waals surface area contributed by atoms with Crippen molar-refractivity contribution in [3.8, 4) is 5.75 Å². The number of para-hydroxylation sites is 1. The molecule has 0 bridgehead atoms. The van der Waals surface area contributed by atoms with Crippen molar-refractivity contribution in [3.63, 3.8) is 0 Å². The Balaban J connectivity index is 1.99. The van der Waals surface area contributed by atoms with Gasteiger partial charge in [0.15, 0.2) is 5.17 Å². The Bertz CT molecular complexity index is 723. The molecule has 0 aliphatic carbocycles. The quantitative estimate of drug-likeness (QED) is 0.539. The normalized spacial score (nSPS) is 23.9. The van der Waals surface area contributed by atoms with Gasteiger partial charge in [0.25, 0.3) is 0 Å². The number of hydrogen-bond donors (Lipinski definition) is 0. The summed E-state index contributed by atoms with van der Waals surface area (Å²) >= 11 is 1.41. The van der Waals surface area contributed by atoms with Gasteiger partial charge >= 0.3 is 5.97 Å². The second-order valence-corrected chi connectivity index (χ2v) is 5.72.